The normalized spacial score (nSPS) is 16.3. The third-order valence-electron chi connectivity index (χ3n) is 5.52. The van der Waals surface area contributed by atoms with E-state index in [1.165, 1.54) is 10.6 Å². The summed E-state index contributed by atoms with van der Waals surface area (Å²) in [6, 6.07) is 4.31. The van der Waals surface area contributed by atoms with Crippen molar-refractivity contribution in [3.05, 3.63) is 35.1 Å². The highest BCUT2D eigenvalue weighted by Gasteiger charge is 2.27. The highest BCUT2D eigenvalue weighted by molar-refractivity contribution is 7.16. The molecule has 0 aromatic carbocycles. The van der Waals surface area contributed by atoms with E-state index in [9.17, 15) is 0 Å². The van der Waals surface area contributed by atoms with Gasteiger partial charge < -0.3 is 19.9 Å². The van der Waals surface area contributed by atoms with Gasteiger partial charge in [-0.3, -0.25) is 9.67 Å². The lowest BCUT2D eigenvalue weighted by atomic mass is 10.2. The molecule has 1 fully saturated rings. The molecule has 1 saturated heterocycles. The molecule has 0 spiro atoms. The van der Waals surface area contributed by atoms with Gasteiger partial charge in [-0.25, -0.2) is 4.98 Å². The SMILES string of the molecule is CNc1nc2c(s1)CCN(Cc1ccc(N3CCOCC3)cn1)c1c-2cnn1C. The first kappa shape index (κ1) is 18.4. The van der Waals surface area contributed by atoms with Crippen LogP contribution in [0.3, 0.4) is 0 Å². The van der Waals surface area contributed by atoms with Gasteiger partial charge in [-0.2, -0.15) is 5.10 Å². The van der Waals surface area contributed by atoms with Crippen molar-refractivity contribution in [1.29, 1.82) is 0 Å². The van der Waals surface area contributed by atoms with Crippen LogP contribution >= 0.6 is 11.3 Å². The summed E-state index contributed by atoms with van der Waals surface area (Å²) in [4.78, 5) is 15.5. The molecule has 0 aliphatic carbocycles. The number of rotatable bonds is 4. The van der Waals surface area contributed by atoms with Gasteiger partial charge in [0.05, 0.1) is 54.8 Å². The lowest BCUT2D eigenvalue weighted by Gasteiger charge is -2.29. The summed E-state index contributed by atoms with van der Waals surface area (Å²) in [5.74, 6) is 1.11. The second kappa shape index (κ2) is 7.64. The van der Waals surface area contributed by atoms with Crippen LogP contribution in [0.1, 0.15) is 10.6 Å². The van der Waals surface area contributed by atoms with Crippen molar-refractivity contribution in [1.82, 2.24) is 19.7 Å². The first-order chi connectivity index (χ1) is 14.2. The number of aromatic nitrogens is 4. The van der Waals surface area contributed by atoms with Gasteiger partial charge >= 0.3 is 0 Å². The van der Waals surface area contributed by atoms with Gasteiger partial charge in [0.15, 0.2) is 5.13 Å². The fraction of sp³-hybridized carbons (Fsp3) is 0.450. The van der Waals surface area contributed by atoms with Crippen molar-refractivity contribution < 1.29 is 4.74 Å². The first-order valence-corrected chi connectivity index (χ1v) is 10.8. The van der Waals surface area contributed by atoms with Crippen LogP contribution in [0.2, 0.25) is 0 Å². The number of fused-ring (bicyclic) bond motifs is 3. The molecule has 152 valence electrons. The van der Waals surface area contributed by atoms with Crippen LogP contribution in [0.15, 0.2) is 24.5 Å². The van der Waals surface area contributed by atoms with E-state index in [1.54, 1.807) is 11.3 Å². The summed E-state index contributed by atoms with van der Waals surface area (Å²) in [5.41, 5.74) is 4.38. The molecule has 0 radical (unpaired) electrons. The minimum atomic E-state index is 0.754. The second-order valence-corrected chi connectivity index (χ2v) is 8.41. The van der Waals surface area contributed by atoms with Crippen molar-refractivity contribution in [3.8, 4) is 11.3 Å². The summed E-state index contributed by atoms with van der Waals surface area (Å²) in [6.45, 7) is 5.09. The monoisotopic (exact) mass is 411 g/mol. The van der Waals surface area contributed by atoms with E-state index in [-0.39, 0.29) is 0 Å². The number of morpholine rings is 1. The maximum Gasteiger partial charge on any atom is 0.183 e. The third kappa shape index (κ3) is 3.44. The highest BCUT2D eigenvalue weighted by Crippen LogP contribution is 2.39. The number of pyridine rings is 1. The summed E-state index contributed by atoms with van der Waals surface area (Å²) < 4.78 is 7.39. The predicted octanol–water partition coefficient (Wildman–Crippen LogP) is 2.38. The van der Waals surface area contributed by atoms with Crippen LogP contribution in [-0.4, -0.2) is 59.6 Å². The largest absolute Gasteiger partial charge is 0.378 e. The molecule has 2 aliphatic rings. The number of thiazole rings is 1. The Bertz CT molecular complexity index is 991. The Labute approximate surface area is 174 Å². The van der Waals surface area contributed by atoms with E-state index in [0.717, 1.165) is 73.7 Å². The van der Waals surface area contributed by atoms with Gasteiger partial charge in [0.25, 0.3) is 0 Å². The Morgan fingerprint density at radius 1 is 1.17 bits per heavy atom. The fourth-order valence-electron chi connectivity index (χ4n) is 4.02. The van der Waals surface area contributed by atoms with Gasteiger partial charge in [-0.05, 0) is 12.1 Å². The molecule has 3 aromatic rings. The Kier molecular flexibility index (Phi) is 4.84. The van der Waals surface area contributed by atoms with Crippen LogP contribution < -0.4 is 15.1 Å². The standard InChI is InChI=1S/C20H25N7OS/c1-21-20-24-18-16-12-23-25(2)19(16)27(6-5-17(18)29-20)13-14-3-4-15(11-22-14)26-7-9-28-10-8-26/h3-4,11-12H,5-10,13H2,1-2H3,(H,21,24). The third-order valence-corrected chi connectivity index (χ3v) is 6.65. The van der Waals surface area contributed by atoms with Crippen LogP contribution in [0, 0.1) is 0 Å². The maximum atomic E-state index is 5.44. The van der Waals surface area contributed by atoms with E-state index in [4.69, 9.17) is 14.7 Å². The van der Waals surface area contributed by atoms with Gasteiger partial charge in [0.1, 0.15) is 5.82 Å². The summed E-state index contributed by atoms with van der Waals surface area (Å²) >= 11 is 1.73. The number of ether oxygens (including phenoxy) is 1. The summed E-state index contributed by atoms with van der Waals surface area (Å²) in [5, 5.41) is 8.65. The molecule has 3 aromatic heterocycles. The average molecular weight is 412 g/mol. The van der Waals surface area contributed by atoms with Gasteiger partial charge in [-0.15, -0.1) is 11.3 Å². The van der Waals surface area contributed by atoms with Crippen molar-refractivity contribution in [2.24, 2.45) is 7.05 Å². The van der Waals surface area contributed by atoms with E-state index >= 15 is 0 Å². The van der Waals surface area contributed by atoms with E-state index in [2.05, 4.69) is 32.3 Å². The van der Waals surface area contributed by atoms with E-state index in [1.807, 2.05) is 31.2 Å². The Balaban J connectivity index is 1.40. The van der Waals surface area contributed by atoms with Crippen molar-refractivity contribution in [2.45, 2.75) is 13.0 Å². The Hall–Kier alpha value is -2.65. The van der Waals surface area contributed by atoms with Crippen LogP contribution in [-0.2, 0) is 24.8 Å². The van der Waals surface area contributed by atoms with Crippen molar-refractivity contribution >= 4 is 28.0 Å². The second-order valence-electron chi connectivity index (χ2n) is 7.32. The minimum Gasteiger partial charge on any atom is -0.378 e. The average Bonchev–Trinajstić information content (AvgIpc) is 3.32. The molecule has 0 bridgehead atoms. The molecule has 2 aliphatic heterocycles. The van der Waals surface area contributed by atoms with Crippen LogP contribution in [0.4, 0.5) is 16.6 Å². The Morgan fingerprint density at radius 2 is 2.03 bits per heavy atom. The lowest BCUT2D eigenvalue weighted by molar-refractivity contribution is 0.122. The molecule has 5 heterocycles. The van der Waals surface area contributed by atoms with Crippen LogP contribution in [0.5, 0.6) is 0 Å². The number of nitrogens with zero attached hydrogens (tertiary/aromatic N) is 6. The van der Waals surface area contributed by atoms with Crippen molar-refractivity contribution in [3.63, 3.8) is 0 Å². The number of hydrogen-bond acceptors (Lipinski definition) is 8. The zero-order valence-corrected chi connectivity index (χ0v) is 17.6. The smallest absolute Gasteiger partial charge is 0.183 e. The van der Waals surface area contributed by atoms with E-state index in [0.29, 0.717) is 0 Å². The molecule has 1 N–H and O–H groups in total. The summed E-state index contributed by atoms with van der Waals surface area (Å²) in [7, 11) is 3.91. The molecular formula is C20H25N7OS. The molecule has 0 saturated carbocycles. The zero-order chi connectivity index (χ0) is 19.8. The molecule has 0 atom stereocenters. The summed E-state index contributed by atoms with van der Waals surface area (Å²) in [6.07, 6.45) is 4.88. The molecular weight excluding hydrogens is 386 g/mol. The number of anilines is 3. The van der Waals surface area contributed by atoms with Gasteiger partial charge in [0, 0.05) is 45.0 Å². The molecule has 5 rings (SSSR count). The Morgan fingerprint density at radius 3 is 2.79 bits per heavy atom. The van der Waals surface area contributed by atoms with Gasteiger partial charge in [-0.1, -0.05) is 0 Å². The van der Waals surface area contributed by atoms with Gasteiger partial charge in [0.2, 0.25) is 0 Å². The molecule has 29 heavy (non-hydrogen) atoms. The highest BCUT2D eigenvalue weighted by atomic mass is 32.1. The molecule has 0 amide bonds. The molecule has 8 nitrogen and oxygen atoms in total. The molecule has 0 unspecified atom stereocenters. The number of hydrogen-bond donors (Lipinski definition) is 1. The topological polar surface area (TPSA) is 71.3 Å². The lowest BCUT2D eigenvalue weighted by Crippen LogP contribution is -2.36. The van der Waals surface area contributed by atoms with Crippen molar-refractivity contribution in [2.75, 3.05) is 55.0 Å². The molecule has 9 heteroatoms. The maximum absolute atomic E-state index is 5.44. The first-order valence-electron chi connectivity index (χ1n) is 9.95. The quantitative estimate of drug-likeness (QED) is 0.707. The number of aryl methyl sites for hydroxylation is 1. The van der Waals surface area contributed by atoms with E-state index < -0.39 is 0 Å². The zero-order valence-electron chi connectivity index (χ0n) is 16.8. The fourth-order valence-corrected chi connectivity index (χ4v) is 4.94. The number of nitrogens with one attached hydrogen (secondary N) is 1. The van der Waals surface area contributed by atoms with Crippen LogP contribution in [0.25, 0.3) is 11.3 Å². The predicted molar refractivity (Wildman–Crippen MR) is 116 cm³/mol. The minimum absolute atomic E-state index is 0.754.